The maximum atomic E-state index is 11.9. The minimum Gasteiger partial charge on any atom is -0.394 e. The summed E-state index contributed by atoms with van der Waals surface area (Å²) < 4.78 is 0. The van der Waals surface area contributed by atoms with Gasteiger partial charge < -0.3 is 20.6 Å². The first-order valence-corrected chi connectivity index (χ1v) is 8.92. The molecule has 1 unspecified atom stereocenters. The molecule has 128 valence electrons. The third-order valence-electron chi connectivity index (χ3n) is 5.38. The SMILES string of the molecule is CN(CCCNC(=O)NC(C)(CO)C1CC1)C1CCCCC1. The number of rotatable bonds is 8. The van der Waals surface area contributed by atoms with Crippen molar-refractivity contribution in [3.8, 4) is 0 Å². The summed E-state index contributed by atoms with van der Waals surface area (Å²) >= 11 is 0. The summed E-state index contributed by atoms with van der Waals surface area (Å²) in [6.45, 7) is 3.66. The number of nitrogens with one attached hydrogen (secondary N) is 2. The van der Waals surface area contributed by atoms with Gasteiger partial charge in [0.25, 0.3) is 0 Å². The van der Waals surface area contributed by atoms with E-state index < -0.39 is 5.54 Å². The monoisotopic (exact) mass is 311 g/mol. The van der Waals surface area contributed by atoms with E-state index in [2.05, 4.69) is 22.6 Å². The van der Waals surface area contributed by atoms with Gasteiger partial charge in [-0.15, -0.1) is 0 Å². The summed E-state index contributed by atoms with van der Waals surface area (Å²) in [6, 6.07) is 0.582. The van der Waals surface area contributed by atoms with Crippen LogP contribution in [0.25, 0.3) is 0 Å². The highest BCUT2D eigenvalue weighted by Gasteiger charge is 2.42. The molecule has 0 heterocycles. The topological polar surface area (TPSA) is 64.6 Å². The molecular formula is C17H33N3O2. The van der Waals surface area contributed by atoms with Crippen molar-refractivity contribution in [3.05, 3.63) is 0 Å². The first kappa shape index (κ1) is 17.5. The number of aliphatic hydroxyl groups is 1. The Balaban J connectivity index is 1.58. The molecule has 3 N–H and O–H groups in total. The van der Waals surface area contributed by atoms with Gasteiger partial charge in [-0.25, -0.2) is 4.79 Å². The Hall–Kier alpha value is -0.810. The van der Waals surface area contributed by atoms with Crippen LogP contribution in [0.4, 0.5) is 4.79 Å². The second-order valence-corrected chi connectivity index (χ2v) is 7.36. The molecule has 0 aromatic rings. The van der Waals surface area contributed by atoms with Crippen molar-refractivity contribution in [2.75, 3.05) is 26.7 Å². The van der Waals surface area contributed by atoms with E-state index >= 15 is 0 Å². The molecule has 5 heteroatoms. The Morgan fingerprint density at radius 3 is 2.50 bits per heavy atom. The summed E-state index contributed by atoms with van der Waals surface area (Å²) in [5.74, 6) is 0.431. The van der Waals surface area contributed by atoms with Crippen LogP contribution in [0.5, 0.6) is 0 Å². The highest BCUT2D eigenvalue weighted by atomic mass is 16.3. The molecule has 2 fully saturated rings. The van der Waals surface area contributed by atoms with Crippen molar-refractivity contribution in [3.63, 3.8) is 0 Å². The number of hydrogen-bond acceptors (Lipinski definition) is 3. The second kappa shape index (κ2) is 8.16. The lowest BCUT2D eigenvalue weighted by atomic mass is 9.94. The fourth-order valence-corrected chi connectivity index (χ4v) is 3.53. The van der Waals surface area contributed by atoms with Crippen molar-refractivity contribution in [2.24, 2.45) is 5.92 Å². The predicted molar refractivity (Wildman–Crippen MR) is 88.9 cm³/mol. The quantitative estimate of drug-likeness (QED) is 0.602. The van der Waals surface area contributed by atoms with Crippen molar-refractivity contribution < 1.29 is 9.90 Å². The number of urea groups is 1. The van der Waals surface area contributed by atoms with E-state index in [1.165, 1.54) is 32.1 Å². The number of nitrogens with zero attached hydrogens (tertiary/aromatic N) is 1. The summed E-state index contributed by atoms with van der Waals surface area (Å²) in [5.41, 5.74) is -0.455. The Bertz CT molecular complexity index is 354. The fraction of sp³-hybridized carbons (Fsp3) is 0.941. The Labute approximate surface area is 134 Å². The average Bonchev–Trinajstić information content (AvgIpc) is 3.37. The van der Waals surface area contributed by atoms with Crippen LogP contribution in [0.1, 0.15) is 58.3 Å². The van der Waals surface area contributed by atoms with Crippen LogP contribution >= 0.6 is 0 Å². The minimum atomic E-state index is -0.455. The largest absolute Gasteiger partial charge is 0.394 e. The molecule has 2 amide bonds. The zero-order valence-corrected chi connectivity index (χ0v) is 14.2. The van der Waals surface area contributed by atoms with E-state index in [0.717, 1.165) is 31.8 Å². The molecule has 0 spiro atoms. The number of hydrogen-bond donors (Lipinski definition) is 3. The molecule has 0 aromatic carbocycles. The summed E-state index contributed by atoms with van der Waals surface area (Å²) in [5, 5.41) is 15.4. The summed E-state index contributed by atoms with van der Waals surface area (Å²) in [6.07, 6.45) is 9.91. The van der Waals surface area contributed by atoms with Crippen molar-refractivity contribution in [1.82, 2.24) is 15.5 Å². The van der Waals surface area contributed by atoms with Gasteiger partial charge in [0.15, 0.2) is 0 Å². The third-order valence-corrected chi connectivity index (χ3v) is 5.38. The lowest BCUT2D eigenvalue weighted by molar-refractivity contribution is 0.154. The van der Waals surface area contributed by atoms with Crippen LogP contribution in [0.2, 0.25) is 0 Å². The maximum absolute atomic E-state index is 11.9. The average molecular weight is 311 g/mol. The normalized spacial score (nSPS) is 22.4. The molecule has 0 saturated heterocycles. The highest BCUT2D eigenvalue weighted by molar-refractivity contribution is 5.74. The van der Waals surface area contributed by atoms with Gasteiger partial charge in [-0.3, -0.25) is 0 Å². The van der Waals surface area contributed by atoms with Gasteiger partial charge in [-0.05, 0) is 58.5 Å². The van der Waals surface area contributed by atoms with Gasteiger partial charge in [-0.1, -0.05) is 19.3 Å². The molecule has 2 aliphatic rings. The maximum Gasteiger partial charge on any atom is 0.315 e. The van der Waals surface area contributed by atoms with E-state index in [-0.39, 0.29) is 12.6 Å². The van der Waals surface area contributed by atoms with Gasteiger partial charge in [0, 0.05) is 12.6 Å². The first-order chi connectivity index (χ1) is 10.5. The van der Waals surface area contributed by atoms with Crippen LogP contribution in [-0.2, 0) is 0 Å². The Kier molecular flexibility index (Phi) is 6.50. The Morgan fingerprint density at radius 1 is 1.23 bits per heavy atom. The molecule has 0 aliphatic heterocycles. The van der Waals surface area contributed by atoms with Crippen LogP contribution in [0.3, 0.4) is 0 Å². The van der Waals surface area contributed by atoms with E-state index in [1.807, 2.05) is 6.92 Å². The molecule has 2 rings (SSSR count). The van der Waals surface area contributed by atoms with Gasteiger partial charge >= 0.3 is 6.03 Å². The van der Waals surface area contributed by atoms with E-state index in [9.17, 15) is 9.90 Å². The molecule has 22 heavy (non-hydrogen) atoms. The molecule has 0 radical (unpaired) electrons. The van der Waals surface area contributed by atoms with E-state index in [1.54, 1.807) is 0 Å². The number of carbonyl (C=O) groups is 1. The highest BCUT2D eigenvalue weighted by Crippen LogP contribution is 2.39. The smallest absolute Gasteiger partial charge is 0.315 e. The molecule has 0 aromatic heterocycles. The lowest BCUT2D eigenvalue weighted by Gasteiger charge is -2.31. The van der Waals surface area contributed by atoms with Crippen LogP contribution in [0, 0.1) is 5.92 Å². The molecule has 0 bridgehead atoms. The van der Waals surface area contributed by atoms with Gasteiger partial charge in [0.1, 0.15) is 0 Å². The van der Waals surface area contributed by atoms with Gasteiger partial charge in [0.05, 0.1) is 12.1 Å². The van der Waals surface area contributed by atoms with Crippen molar-refractivity contribution in [1.29, 1.82) is 0 Å². The summed E-state index contributed by atoms with van der Waals surface area (Å²) in [4.78, 5) is 14.4. The van der Waals surface area contributed by atoms with Gasteiger partial charge in [-0.2, -0.15) is 0 Å². The molecule has 2 saturated carbocycles. The molecule has 2 aliphatic carbocycles. The lowest BCUT2D eigenvalue weighted by Crippen LogP contribution is -2.54. The van der Waals surface area contributed by atoms with Crippen LogP contribution in [-0.4, -0.2) is 54.4 Å². The first-order valence-electron chi connectivity index (χ1n) is 8.92. The molecule has 5 nitrogen and oxygen atoms in total. The third kappa shape index (κ3) is 5.13. The van der Waals surface area contributed by atoms with Crippen LogP contribution < -0.4 is 10.6 Å². The standard InChI is InChI=1S/C17H33N3O2/c1-17(13-21,14-9-10-14)19-16(22)18-11-6-12-20(2)15-7-4-3-5-8-15/h14-15,21H,3-13H2,1-2H3,(H2,18,19,22). The van der Waals surface area contributed by atoms with E-state index in [0.29, 0.717) is 12.5 Å². The molecular weight excluding hydrogens is 278 g/mol. The van der Waals surface area contributed by atoms with Crippen LogP contribution in [0.15, 0.2) is 0 Å². The second-order valence-electron chi connectivity index (χ2n) is 7.36. The zero-order valence-electron chi connectivity index (χ0n) is 14.2. The van der Waals surface area contributed by atoms with Crippen molar-refractivity contribution in [2.45, 2.75) is 69.9 Å². The van der Waals surface area contributed by atoms with Gasteiger partial charge in [0.2, 0.25) is 0 Å². The van der Waals surface area contributed by atoms with E-state index in [4.69, 9.17) is 0 Å². The summed E-state index contributed by atoms with van der Waals surface area (Å²) in [7, 11) is 2.20. The molecule has 1 atom stereocenters. The zero-order chi connectivity index (χ0) is 16.0. The Morgan fingerprint density at radius 2 is 1.91 bits per heavy atom. The number of amides is 2. The minimum absolute atomic E-state index is 0.00943. The fourth-order valence-electron chi connectivity index (χ4n) is 3.53. The number of carbonyl (C=O) groups excluding carboxylic acids is 1. The predicted octanol–water partition coefficient (Wildman–Crippen LogP) is 2.10. The number of aliphatic hydroxyl groups excluding tert-OH is 1. The van der Waals surface area contributed by atoms with Crippen molar-refractivity contribution >= 4 is 6.03 Å².